The van der Waals surface area contributed by atoms with E-state index in [1.54, 1.807) is 13.8 Å². The molecule has 1 fully saturated rings. The Labute approximate surface area is 74.6 Å². The maximum Gasteiger partial charge on any atom is 0.0852 e. The normalized spacial score (nSPS) is 24.0. The zero-order valence-corrected chi connectivity index (χ0v) is 8.08. The lowest BCUT2D eigenvalue weighted by Gasteiger charge is -2.34. The van der Waals surface area contributed by atoms with E-state index in [1.165, 1.54) is 19.3 Å². The molecule has 0 saturated heterocycles. The highest BCUT2D eigenvalue weighted by atomic mass is 16.3. The maximum absolute atomic E-state index is 9.76. The molecule has 1 aliphatic rings. The van der Waals surface area contributed by atoms with Crippen molar-refractivity contribution >= 4 is 0 Å². The van der Waals surface area contributed by atoms with E-state index in [9.17, 15) is 10.2 Å². The fraction of sp³-hybridized carbons (Fsp3) is 1.00. The molecule has 1 aliphatic carbocycles. The van der Waals surface area contributed by atoms with E-state index in [4.69, 9.17) is 0 Å². The van der Waals surface area contributed by atoms with Crippen LogP contribution in [0.15, 0.2) is 0 Å². The van der Waals surface area contributed by atoms with E-state index in [-0.39, 0.29) is 0 Å². The van der Waals surface area contributed by atoms with Crippen molar-refractivity contribution in [2.45, 2.75) is 57.7 Å². The van der Waals surface area contributed by atoms with Gasteiger partial charge in [-0.15, -0.1) is 0 Å². The standard InChI is InChI=1S/C10H20O2/c1-10(2,12)9(11)8-6-4-3-5-7-8/h8-9,11-12H,3-7H2,1-2H3/t9-/m1/s1. The van der Waals surface area contributed by atoms with Crippen LogP contribution in [0.3, 0.4) is 0 Å². The highest BCUT2D eigenvalue weighted by Gasteiger charge is 2.32. The van der Waals surface area contributed by atoms with Crippen LogP contribution in [-0.2, 0) is 0 Å². The third-order valence-electron chi connectivity index (χ3n) is 2.82. The Kier molecular flexibility index (Phi) is 3.13. The van der Waals surface area contributed by atoms with Crippen LogP contribution in [0.4, 0.5) is 0 Å². The number of rotatable bonds is 2. The van der Waals surface area contributed by atoms with Gasteiger partial charge in [0.1, 0.15) is 0 Å². The van der Waals surface area contributed by atoms with Gasteiger partial charge in [0.05, 0.1) is 11.7 Å². The molecule has 0 aromatic carbocycles. The van der Waals surface area contributed by atoms with Crippen molar-refractivity contribution in [3.8, 4) is 0 Å². The van der Waals surface area contributed by atoms with Crippen molar-refractivity contribution in [2.75, 3.05) is 0 Å². The van der Waals surface area contributed by atoms with Gasteiger partial charge < -0.3 is 10.2 Å². The smallest absolute Gasteiger partial charge is 0.0852 e. The highest BCUT2D eigenvalue weighted by Crippen LogP contribution is 2.30. The average molecular weight is 172 g/mol. The van der Waals surface area contributed by atoms with Crippen LogP contribution in [0.5, 0.6) is 0 Å². The van der Waals surface area contributed by atoms with Gasteiger partial charge in [-0.1, -0.05) is 19.3 Å². The van der Waals surface area contributed by atoms with Crippen LogP contribution in [0.2, 0.25) is 0 Å². The van der Waals surface area contributed by atoms with Gasteiger partial charge in [-0.2, -0.15) is 0 Å². The average Bonchev–Trinajstić information content (AvgIpc) is 2.03. The first-order valence-electron chi connectivity index (χ1n) is 4.92. The van der Waals surface area contributed by atoms with Crippen molar-refractivity contribution in [3.05, 3.63) is 0 Å². The Bertz CT molecular complexity index is 131. The zero-order chi connectivity index (χ0) is 9.19. The fourth-order valence-corrected chi connectivity index (χ4v) is 2.03. The minimum atomic E-state index is -0.929. The molecule has 1 rings (SSSR count). The topological polar surface area (TPSA) is 40.5 Å². The summed E-state index contributed by atoms with van der Waals surface area (Å²) >= 11 is 0. The summed E-state index contributed by atoms with van der Waals surface area (Å²) in [6.45, 7) is 3.37. The van der Waals surface area contributed by atoms with Crippen molar-refractivity contribution in [3.63, 3.8) is 0 Å². The summed E-state index contributed by atoms with van der Waals surface area (Å²) in [6.07, 6.45) is 5.30. The number of hydrogen-bond acceptors (Lipinski definition) is 2. The summed E-state index contributed by atoms with van der Waals surface area (Å²) in [5.41, 5.74) is -0.929. The molecule has 2 heteroatoms. The summed E-state index contributed by atoms with van der Waals surface area (Å²) in [6, 6.07) is 0. The molecule has 2 N–H and O–H groups in total. The minimum Gasteiger partial charge on any atom is -0.390 e. The molecule has 1 saturated carbocycles. The second kappa shape index (κ2) is 3.75. The number of aliphatic hydroxyl groups is 2. The predicted molar refractivity (Wildman–Crippen MR) is 48.9 cm³/mol. The predicted octanol–water partition coefficient (Wildman–Crippen LogP) is 1.70. The molecular weight excluding hydrogens is 152 g/mol. The molecule has 0 aromatic heterocycles. The van der Waals surface area contributed by atoms with Gasteiger partial charge in [-0.25, -0.2) is 0 Å². The van der Waals surface area contributed by atoms with Gasteiger partial charge in [0, 0.05) is 0 Å². The van der Waals surface area contributed by atoms with Crippen LogP contribution in [0, 0.1) is 5.92 Å². The summed E-state index contributed by atoms with van der Waals surface area (Å²) < 4.78 is 0. The summed E-state index contributed by atoms with van der Waals surface area (Å²) in [5, 5.41) is 19.3. The molecule has 0 aliphatic heterocycles. The molecule has 0 spiro atoms. The van der Waals surface area contributed by atoms with Crippen LogP contribution >= 0.6 is 0 Å². The van der Waals surface area contributed by atoms with E-state index < -0.39 is 11.7 Å². The molecule has 12 heavy (non-hydrogen) atoms. The van der Waals surface area contributed by atoms with Crippen molar-refractivity contribution in [1.82, 2.24) is 0 Å². The molecule has 72 valence electrons. The third-order valence-corrected chi connectivity index (χ3v) is 2.82. The molecule has 0 heterocycles. The lowest BCUT2D eigenvalue weighted by atomic mass is 9.80. The Hall–Kier alpha value is -0.0800. The Morgan fingerprint density at radius 1 is 1.17 bits per heavy atom. The van der Waals surface area contributed by atoms with E-state index in [1.807, 2.05) is 0 Å². The molecule has 0 unspecified atom stereocenters. The molecule has 0 aromatic rings. The van der Waals surface area contributed by atoms with Crippen molar-refractivity contribution in [1.29, 1.82) is 0 Å². The lowest BCUT2D eigenvalue weighted by molar-refractivity contribution is -0.0833. The van der Waals surface area contributed by atoms with Gasteiger partial charge in [-0.3, -0.25) is 0 Å². The van der Waals surface area contributed by atoms with Gasteiger partial charge in [0.15, 0.2) is 0 Å². The van der Waals surface area contributed by atoms with Crippen LogP contribution < -0.4 is 0 Å². The van der Waals surface area contributed by atoms with E-state index in [0.29, 0.717) is 5.92 Å². The number of hydrogen-bond donors (Lipinski definition) is 2. The van der Waals surface area contributed by atoms with Crippen LogP contribution in [0.1, 0.15) is 46.0 Å². The largest absolute Gasteiger partial charge is 0.390 e. The van der Waals surface area contributed by atoms with Crippen LogP contribution in [-0.4, -0.2) is 21.9 Å². The summed E-state index contributed by atoms with van der Waals surface area (Å²) in [4.78, 5) is 0. The molecule has 0 bridgehead atoms. The monoisotopic (exact) mass is 172 g/mol. The quantitative estimate of drug-likeness (QED) is 0.665. The maximum atomic E-state index is 9.76. The molecule has 0 amide bonds. The van der Waals surface area contributed by atoms with E-state index in [2.05, 4.69) is 0 Å². The minimum absolute atomic E-state index is 0.318. The van der Waals surface area contributed by atoms with Crippen molar-refractivity contribution in [2.24, 2.45) is 5.92 Å². The van der Waals surface area contributed by atoms with Gasteiger partial charge in [0.25, 0.3) is 0 Å². The van der Waals surface area contributed by atoms with Gasteiger partial charge >= 0.3 is 0 Å². The van der Waals surface area contributed by atoms with E-state index in [0.717, 1.165) is 12.8 Å². The van der Waals surface area contributed by atoms with E-state index >= 15 is 0 Å². The number of aliphatic hydroxyl groups excluding tert-OH is 1. The molecular formula is C10H20O2. The Balaban J connectivity index is 2.45. The SMILES string of the molecule is CC(C)(O)[C@H](O)C1CCCCC1. The van der Waals surface area contributed by atoms with Crippen molar-refractivity contribution < 1.29 is 10.2 Å². The Morgan fingerprint density at radius 3 is 2.08 bits per heavy atom. The fourth-order valence-electron chi connectivity index (χ4n) is 2.03. The van der Waals surface area contributed by atoms with Gasteiger partial charge in [-0.05, 0) is 32.6 Å². The Morgan fingerprint density at radius 2 is 1.67 bits per heavy atom. The first-order chi connectivity index (χ1) is 5.52. The van der Waals surface area contributed by atoms with Gasteiger partial charge in [0.2, 0.25) is 0 Å². The first kappa shape index (κ1) is 10.0. The second-order valence-electron chi connectivity index (χ2n) is 4.50. The lowest BCUT2D eigenvalue weighted by Crippen LogP contribution is -2.42. The highest BCUT2D eigenvalue weighted by molar-refractivity contribution is 4.84. The first-order valence-corrected chi connectivity index (χ1v) is 4.92. The summed E-state index contributed by atoms with van der Waals surface area (Å²) in [5.74, 6) is 0.318. The molecule has 2 nitrogen and oxygen atoms in total. The second-order valence-corrected chi connectivity index (χ2v) is 4.50. The molecule has 1 atom stereocenters. The molecule has 0 radical (unpaired) electrons. The third kappa shape index (κ3) is 2.46. The zero-order valence-electron chi connectivity index (χ0n) is 8.08. The summed E-state index contributed by atoms with van der Waals surface area (Å²) in [7, 11) is 0. The van der Waals surface area contributed by atoms with Crippen LogP contribution in [0.25, 0.3) is 0 Å².